The summed E-state index contributed by atoms with van der Waals surface area (Å²) in [6.45, 7) is 2.92. The maximum absolute atomic E-state index is 5.63. The smallest absolute Gasteiger partial charge is 0.180 e. The van der Waals surface area contributed by atoms with Crippen molar-refractivity contribution in [3.05, 3.63) is 24.5 Å². The molecule has 0 spiro atoms. The molecule has 0 radical (unpaired) electrons. The van der Waals surface area contributed by atoms with Crippen LogP contribution >= 0.6 is 0 Å². The maximum Gasteiger partial charge on any atom is 0.180 e. The van der Waals surface area contributed by atoms with Gasteiger partial charge in [-0.05, 0) is 43.9 Å². The van der Waals surface area contributed by atoms with Crippen molar-refractivity contribution in [1.29, 1.82) is 0 Å². The molecule has 0 saturated carbocycles. The lowest BCUT2D eigenvalue weighted by atomic mass is 9.94. The number of rotatable bonds is 3. The number of fused-ring (bicyclic) bond motifs is 1. The van der Waals surface area contributed by atoms with Gasteiger partial charge in [0.25, 0.3) is 0 Å². The van der Waals surface area contributed by atoms with Gasteiger partial charge in [-0.1, -0.05) is 0 Å². The number of pyridine rings is 1. The van der Waals surface area contributed by atoms with Crippen LogP contribution in [0.15, 0.2) is 24.5 Å². The van der Waals surface area contributed by atoms with Crippen molar-refractivity contribution >= 4 is 17.0 Å². The second-order valence-corrected chi connectivity index (χ2v) is 5.08. The first kappa shape index (κ1) is 12.3. The van der Waals surface area contributed by atoms with Gasteiger partial charge in [0.15, 0.2) is 5.65 Å². The molecule has 100 valence electrons. The lowest BCUT2D eigenvalue weighted by Gasteiger charge is -2.32. The summed E-state index contributed by atoms with van der Waals surface area (Å²) in [5.41, 5.74) is 7.20. The van der Waals surface area contributed by atoms with Gasteiger partial charge >= 0.3 is 0 Å². The zero-order chi connectivity index (χ0) is 13.1. The Balaban J connectivity index is 1.74. The third kappa shape index (κ3) is 2.66. The van der Waals surface area contributed by atoms with E-state index in [2.05, 4.69) is 19.9 Å². The monoisotopic (exact) mass is 257 g/mol. The SMILES string of the molecule is NCCC1CCN(c2ccc3nccnc3n2)CC1. The van der Waals surface area contributed by atoms with E-state index in [9.17, 15) is 0 Å². The summed E-state index contributed by atoms with van der Waals surface area (Å²) >= 11 is 0. The summed E-state index contributed by atoms with van der Waals surface area (Å²) in [5.74, 6) is 1.79. The van der Waals surface area contributed by atoms with Gasteiger partial charge in [0.1, 0.15) is 11.3 Å². The predicted octanol–water partition coefficient (Wildman–Crippen LogP) is 1.59. The largest absolute Gasteiger partial charge is 0.357 e. The van der Waals surface area contributed by atoms with Crippen LogP contribution in [0, 0.1) is 5.92 Å². The molecule has 1 fully saturated rings. The lowest BCUT2D eigenvalue weighted by Crippen LogP contribution is -2.34. The number of nitrogens with zero attached hydrogens (tertiary/aromatic N) is 4. The summed E-state index contributed by atoms with van der Waals surface area (Å²) in [7, 11) is 0. The third-order valence-electron chi connectivity index (χ3n) is 3.83. The number of hydrogen-bond donors (Lipinski definition) is 1. The normalized spacial score (nSPS) is 17.0. The van der Waals surface area contributed by atoms with E-state index >= 15 is 0 Å². The van der Waals surface area contributed by atoms with Crippen LogP contribution in [-0.2, 0) is 0 Å². The Morgan fingerprint density at radius 1 is 1.16 bits per heavy atom. The van der Waals surface area contributed by atoms with Crippen molar-refractivity contribution in [3.63, 3.8) is 0 Å². The minimum absolute atomic E-state index is 0.726. The van der Waals surface area contributed by atoms with Crippen LogP contribution in [0.25, 0.3) is 11.2 Å². The Morgan fingerprint density at radius 2 is 1.95 bits per heavy atom. The van der Waals surface area contributed by atoms with Crippen LogP contribution in [0.4, 0.5) is 5.82 Å². The highest BCUT2D eigenvalue weighted by Gasteiger charge is 2.19. The van der Waals surface area contributed by atoms with E-state index in [0.717, 1.165) is 49.0 Å². The molecule has 5 heteroatoms. The fourth-order valence-electron chi connectivity index (χ4n) is 2.71. The number of nitrogens with two attached hydrogens (primary N) is 1. The molecule has 3 rings (SSSR count). The maximum atomic E-state index is 5.63. The Labute approximate surface area is 112 Å². The lowest BCUT2D eigenvalue weighted by molar-refractivity contribution is 0.385. The van der Waals surface area contributed by atoms with Crippen LogP contribution < -0.4 is 10.6 Å². The summed E-state index contributed by atoms with van der Waals surface area (Å²) in [5, 5.41) is 0. The molecule has 0 unspecified atom stereocenters. The molecule has 0 aliphatic carbocycles. The van der Waals surface area contributed by atoms with Gasteiger partial charge in [-0.3, -0.25) is 4.98 Å². The van der Waals surface area contributed by atoms with Crippen molar-refractivity contribution in [2.75, 3.05) is 24.5 Å². The molecule has 1 aliphatic heterocycles. The Hall–Kier alpha value is -1.75. The van der Waals surface area contributed by atoms with Crippen LogP contribution in [0.1, 0.15) is 19.3 Å². The molecule has 0 aromatic carbocycles. The molecular formula is C14H19N5. The van der Waals surface area contributed by atoms with E-state index in [0.29, 0.717) is 0 Å². The molecule has 5 nitrogen and oxygen atoms in total. The second-order valence-electron chi connectivity index (χ2n) is 5.08. The molecule has 2 aromatic rings. The average molecular weight is 257 g/mol. The van der Waals surface area contributed by atoms with Crippen LogP contribution in [0.3, 0.4) is 0 Å². The van der Waals surface area contributed by atoms with E-state index in [4.69, 9.17) is 5.73 Å². The molecule has 2 aromatic heterocycles. The molecule has 0 bridgehead atoms. The van der Waals surface area contributed by atoms with E-state index in [1.165, 1.54) is 12.8 Å². The van der Waals surface area contributed by atoms with E-state index in [-0.39, 0.29) is 0 Å². The highest BCUT2D eigenvalue weighted by molar-refractivity contribution is 5.71. The van der Waals surface area contributed by atoms with E-state index in [1.807, 2.05) is 12.1 Å². The fraction of sp³-hybridized carbons (Fsp3) is 0.500. The Morgan fingerprint density at radius 3 is 2.74 bits per heavy atom. The van der Waals surface area contributed by atoms with Gasteiger partial charge in [0.2, 0.25) is 0 Å². The van der Waals surface area contributed by atoms with Crippen molar-refractivity contribution in [3.8, 4) is 0 Å². The molecule has 0 atom stereocenters. The van der Waals surface area contributed by atoms with E-state index in [1.54, 1.807) is 12.4 Å². The predicted molar refractivity (Wildman–Crippen MR) is 75.9 cm³/mol. The summed E-state index contributed by atoms with van der Waals surface area (Å²) in [6.07, 6.45) is 6.94. The van der Waals surface area contributed by atoms with Crippen molar-refractivity contribution in [1.82, 2.24) is 15.0 Å². The first-order valence-corrected chi connectivity index (χ1v) is 6.89. The molecule has 2 N–H and O–H groups in total. The number of piperidine rings is 1. The first-order chi connectivity index (χ1) is 9.36. The minimum atomic E-state index is 0.726. The van der Waals surface area contributed by atoms with Gasteiger partial charge in [0.05, 0.1) is 0 Å². The summed E-state index contributed by atoms with van der Waals surface area (Å²) in [4.78, 5) is 15.4. The molecule has 0 amide bonds. The van der Waals surface area contributed by atoms with Crippen molar-refractivity contribution in [2.24, 2.45) is 11.7 Å². The quantitative estimate of drug-likeness (QED) is 0.904. The third-order valence-corrected chi connectivity index (χ3v) is 3.83. The molecule has 1 aliphatic rings. The highest BCUT2D eigenvalue weighted by Crippen LogP contribution is 2.24. The molecule has 3 heterocycles. The first-order valence-electron chi connectivity index (χ1n) is 6.89. The Bertz CT molecular complexity index is 548. The fourth-order valence-corrected chi connectivity index (χ4v) is 2.71. The summed E-state index contributed by atoms with van der Waals surface area (Å²) < 4.78 is 0. The van der Waals surface area contributed by atoms with Gasteiger partial charge in [-0.15, -0.1) is 0 Å². The van der Waals surface area contributed by atoms with Gasteiger partial charge < -0.3 is 10.6 Å². The minimum Gasteiger partial charge on any atom is -0.357 e. The van der Waals surface area contributed by atoms with Crippen LogP contribution in [-0.4, -0.2) is 34.6 Å². The van der Waals surface area contributed by atoms with Gasteiger partial charge in [-0.25, -0.2) is 9.97 Å². The van der Waals surface area contributed by atoms with Gasteiger partial charge in [-0.2, -0.15) is 0 Å². The standard InChI is InChI=1S/C14H19N5/c15-6-3-11-4-9-19(10-5-11)13-2-1-12-14(18-13)17-8-7-16-12/h1-2,7-8,11H,3-6,9-10,15H2. The summed E-state index contributed by atoms with van der Waals surface area (Å²) in [6, 6.07) is 4.04. The molecule has 19 heavy (non-hydrogen) atoms. The van der Waals surface area contributed by atoms with Crippen molar-refractivity contribution < 1.29 is 0 Å². The molecule has 1 saturated heterocycles. The Kier molecular flexibility index (Phi) is 3.55. The zero-order valence-electron chi connectivity index (χ0n) is 11.0. The zero-order valence-corrected chi connectivity index (χ0v) is 11.0. The van der Waals surface area contributed by atoms with Crippen LogP contribution in [0.5, 0.6) is 0 Å². The van der Waals surface area contributed by atoms with E-state index < -0.39 is 0 Å². The highest BCUT2D eigenvalue weighted by atomic mass is 15.2. The topological polar surface area (TPSA) is 67.9 Å². The number of aromatic nitrogens is 3. The van der Waals surface area contributed by atoms with Crippen molar-refractivity contribution in [2.45, 2.75) is 19.3 Å². The van der Waals surface area contributed by atoms with Crippen LogP contribution in [0.2, 0.25) is 0 Å². The number of hydrogen-bond acceptors (Lipinski definition) is 5. The molecular weight excluding hydrogens is 238 g/mol. The average Bonchev–Trinajstić information content (AvgIpc) is 2.48. The van der Waals surface area contributed by atoms with Gasteiger partial charge in [0, 0.05) is 25.5 Å². The second kappa shape index (κ2) is 5.48. The number of anilines is 1.